The maximum Gasteiger partial charge on any atom is 0.249 e. The highest BCUT2D eigenvalue weighted by Crippen LogP contribution is 2.30. The SMILES string of the molecule is CC.CC(=O)N1CCc2c(nc(-c3ccc(Nc4cccc(=O)[nH]4)cc3)nc2N2CCOCC2)C1. The van der Waals surface area contributed by atoms with Crippen LogP contribution in [-0.4, -0.2) is 58.6 Å². The summed E-state index contributed by atoms with van der Waals surface area (Å²) in [5.41, 5.74) is 3.61. The van der Waals surface area contributed by atoms with Crippen LogP contribution in [0.1, 0.15) is 32.0 Å². The molecule has 2 aromatic heterocycles. The first kappa shape index (κ1) is 24.4. The van der Waals surface area contributed by atoms with Gasteiger partial charge in [0, 0.05) is 49.4 Å². The molecule has 9 heteroatoms. The van der Waals surface area contributed by atoms with Gasteiger partial charge in [-0.15, -0.1) is 0 Å². The molecule has 0 saturated carbocycles. The highest BCUT2D eigenvalue weighted by molar-refractivity contribution is 5.74. The molecule has 5 rings (SSSR count). The Morgan fingerprint density at radius 2 is 1.77 bits per heavy atom. The Morgan fingerprint density at radius 1 is 1.03 bits per heavy atom. The fraction of sp³-hybridized carbons (Fsp3) is 0.385. The Kier molecular flexibility index (Phi) is 7.77. The first-order valence-electron chi connectivity index (χ1n) is 12.1. The van der Waals surface area contributed by atoms with E-state index in [-0.39, 0.29) is 11.5 Å². The number of hydrogen-bond acceptors (Lipinski definition) is 7. The third-order valence-corrected chi connectivity index (χ3v) is 5.99. The summed E-state index contributed by atoms with van der Waals surface area (Å²) in [6.45, 7) is 9.71. The van der Waals surface area contributed by atoms with Crippen molar-refractivity contribution in [2.45, 2.75) is 33.7 Å². The van der Waals surface area contributed by atoms with Gasteiger partial charge < -0.3 is 24.8 Å². The predicted molar refractivity (Wildman–Crippen MR) is 137 cm³/mol. The molecule has 1 saturated heterocycles. The van der Waals surface area contributed by atoms with Crippen molar-refractivity contribution in [1.29, 1.82) is 0 Å². The number of carbonyl (C=O) groups excluding carboxylic acids is 1. The molecule has 1 fully saturated rings. The molecule has 1 aromatic carbocycles. The quantitative estimate of drug-likeness (QED) is 0.595. The topological polar surface area (TPSA) is 103 Å². The smallest absolute Gasteiger partial charge is 0.249 e. The van der Waals surface area contributed by atoms with Crippen molar-refractivity contribution in [2.75, 3.05) is 43.1 Å². The van der Waals surface area contributed by atoms with Crippen molar-refractivity contribution in [3.63, 3.8) is 0 Å². The van der Waals surface area contributed by atoms with Gasteiger partial charge in [-0.2, -0.15) is 0 Å². The van der Waals surface area contributed by atoms with Crippen molar-refractivity contribution in [1.82, 2.24) is 19.9 Å². The lowest BCUT2D eigenvalue weighted by atomic mass is 10.0. The molecule has 9 nitrogen and oxygen atoms in total. The molecule has 2 N–H and O–H groups in total. The summed E-state index contributed by atoms with van der Waals surface area (Å²) in [6.07, 6.45) is 0.750. The van der Waals surface area contributed by atoms with E-state index in [1.54, 1.807) is 19.1 Å². The van der Waals surface area contributed by atoms with Gasteiger partial charge in [-0.3, -0.25) is 9.59 Å². The Bertz CT molecular complexity index is 1220. The maximum absolute atomic E-state index is 12.0. The molecule has 2 aliphatic rings. The van der Waals surface area contributed by atoms with E-state index in [0.717, 1.165) is 47.8 Å². The van der Waals surface area contributed by atoms with Crippen LogP contribution in [0.5, 0.6) is 0 Å². The lowest BCUT2D eigenvalue weighted by Gasteiger charge is -2.34. The maximum atomic E-state index is 12.0. The molecule has 4 heterocycles. The number of fused-ring (bicyclic) bond motifs is 1. The number of H-pyrrole nitrogens is 1. The minimum atomic E-state index is -0.158. The number of amides is 1. The standard InChI is InChI=1S/C24H26N6O3.C2H6/c1-16(31)30-10-9-19-20(15-30)26-23(28-24(19)29-11-13-33-14-12-29)17-5-7-18(8-6-17)25-21-3-2-4-22(32)27-21;1-2/h2-8H,9-15H2,1H3,(H2,25,27,32);1-2H3. The van der Waals surface area contributed by atoms with E-state index in [4.69, 9.17) is 14.7 Å². The normalized spacial score (nSPS) is 15.1. The molecule has 2 aliphatic heterocycles. The van der Waals surface area contributed by atoms with Gasteiger partial charge >= 0.3 is 0 Å². The van der Waals surface area contributed by atoms with Gasteiger partial charge in [-0.1, -0.05) is 19.9 Å². The molecule has 0 unspecified atom stereocenters. The third kappa shape index (κ3) is 5.68. The van der Waals surface area contributed by atoms with Crippen molar-refractivity contribution in [3.05, 3.63) is 64.1 Å². The van der Waals surface area contributed by atoms with Crippen LogP contribution in [0.4, 0.5) is 17.3 Å². The number of nitrogens with zero attached hydrogens (tertiary/aromatic N) is 4. The second-order valence-electron chi connectivity index (χ2n) is 8.22. The summed E-state index contributed by atoms with van der Waals surface area (Å²) in [7, 11) is 0. The first-order valence-corrected chi connectivity index (χ1v) is 12.1. The Labute approximate surface area is 205 Å². The number of pyridine rings is 1. The summed E-state index contributed by atoms with van der Waals surface area (Å²) >= 11 is 0. The molecule has 0 atom stereocenters. The average molecular weight is 477 g/mol. The molecule has 0 radical (unpaired) electrons. The number of hydrogen-bond donors (Lipinski definition) is 2. The number of anilines is 3. The zero-order chi connectivity index (χ0) is 24.8. The van der Waals surface area contributed by atoms with Crippen LogP contribution in [0, 0.1) is 0 Å². The van der Waals surface area contributed by atoms with E-state index in [1.807, 2.05) is 43.0 Å². The summed E-state index contributed by atoms with van der Waals surface area (Å²) < 4.78 is 5.53. The number of nitrogens with one attached hydrogen (secondary N) is 2. The van der Waals surface area contributed by atoms with E-state index in [1.165, 1.54) is 6.07 Å². The highest BCUT2D eigenvalue weighted by Gasteiger charge is 2.27. The second kappa shape index (κ2) is 11.1. The molecular weight excluding hydrogens is 444 g/mol. The van der Waals surface area contributed by atoms with Gasteiger partial charge in [0.2, 0.25) is 11.5 Å². The fourth-order valence-corrected chi connectivity index (χ4v) is 4.22. The van der Waals surface area contributed by atoms with Crippen molar-refractivity contribution < 1.29 is 9.53 Å². The lowest BCUT2D eigenvalue weighted by Crippen LogP contribution is -2.40. The van der Waals surface area contributed by atoms with Crippen LogP contribution in [0.25, 0.3) is 11.4 Å². The zero-order valence-corrected chi connectivity index (χ0v) is 20.5. The number of ether oxygens (including phenoxy) is 1. The van der Waals surface area contributed by atoms with Crippen LogP contribution in [0.15, 0.2) is 47.3 Å². The number of aromatic nitrogens is 3. The largest absolute Gasteiger partial charge is 0.378 e. The molecule has 0 bridgehead atoms. The van der Waals surface area contributed by atoms with Gasteiger partial charge in [0.05, 0.1) is 25.5 Å². The van der Waals surface area contributed by atoms with Crippen LogP contribution in [0.3, 0.4) is 0 Å². The van der Waals surface area contributed by atoms with Gasteiger partial charge in [-0.05, 0) is 36.8 Å². The van der Waals surface area contributed by atoms with E-state index in [2.05, 4.69) is 15.2 Å². The number of morpholine rings is 1. The minimum Gasteiger partial charge on any atom is -0.378 e. The number of rotatable bonds is 4. The number of aromatic amines is 1. The van der Waals surface area contributed by atoms with Crippen molar-refractivity contribution in [3.8, 4) is 11.4 Å². The third-order valence-electron chi connectivity index (χ3n) is 5.99. The first-order chi connectivity index (χ1) is 17.1. The van der Waals surface area contributed by atoms with Crippen LogP contribution in [-0.2, 0) is 22.5 Å². The number of carbonyl (C=O) groups is 1. The van der Waals surface area contributed by atoms with Crippen LogP contribution in [0.2, 0.25) is 0 Å². The molecule has 3 aromatic rings. The monoisotopic (exact) mass is 476 g/mol. The van der Waals surface area contributed by atoms with E-state index in [9.17, 15) is 9.59 Å². The summed E-state index contributed by atoms with van der Waals surface area (Å²) in [5.74, 6) is 2.27. The van der Waals surface area contributed by atoms with Crippen molar-refractivity contribution >= 4 is 23.2 Å². The van der Waals surface area contributed by atoms with Gasteiger partial charge in [-0.25, -0.2) is 9.97 Å². The average Bonchev–Trinajstić information content (AvgIpc) is 2.90. The molecule has 35 heavy (non-hydrogen) atoms. The van der Waals surface area contributed by atoms with Gasteiger partial charge in [0.15, 0.2) is 5.82 Å². The molecule has 184 valence electrons. The van der Waals surface area contributed by atoms with Crippen LogP contribution >= 0.6 is 0 Å². The highest BCUT2D eigenvalue weighted by atomic mass is 16.5. The molecule has 1 amide bonds. The second-order valence-corrected chi connectivity index (χ2v) is 8.22. The zero-order valence-electron chi connectivity index (χ0n) is 20.5. The summed E-state index contributed by atoms with van der Waals surface area (Å²) in [4.78, 5) is 40.2. The van der Waals surface area contributed by atoms with Crippen LogP contribution < -0.4 is 15.8 Å². The fourth-order valence-electron chi connectivity index (χ4n) is 4.22. The summed E-state index contributed by atoms with van der Waals surface area (Å²) in [5, 5.41) is 3.19. The predicted octanol–water partition coefficient (Wildman–Crippen LogP) is 3.34. The summed E-state index contributed by atoms with van der Waals surface area (Å²) in [6, 6.07) is 12.8. The van der Waals surface area contributed by atoms with E-state index < -0.39 is 0 Å². The van der Waals surface area contributed by atoms with Crippen molar-refractivity contribution in [2.24, 2.45) is 0 Å². The Balaban J connectivity index is 0.00000141. The Hall–Kier alpha value is -3.72. The Morgan fingerprint density at radius 3 is 2.46 bits per heavy atom. The van der Waals surface area contributed by atoms with E-state index >= 15 is 0 Å². The molecular formula is C26H32N6O3. The lowest BCUT2D eigenvalue weighted by molar-refractivity contribution is -0.129. The molecule has 0 spiro atoms. The van der Waals surface area contributed by atoms with E-state index in [0.29, 0.717) is 37.9 Å². The molecule has 0 aliphatic carbocycles. The number of benzene rings is 1. The van der Waals surface area contributed by atoms with Gasteiger partial charge in [0.25, 0.3) is 0 Å². The van der Waals surface area contributed by atoms with Gasteiger partial charge in [0.1, 0.15) is 11.6 Å². The minimum absolute atomic E-state index is 0.0584.